The molecule has 1 aliphatic heterocycles. The van der Waals surface area contributed by atoms with Crippen LogP contribution in [-0.4, -0.2) is 10.7 Å². The first-order chi connectivity index (χ1) is 20.3. The molecule has 3 aromatic carbocycles. The number of carbonyl (C=O) groups is 1. The third-order valence-corrected chi connectivity index (χ3v) is 9.56. The summed E-state index contributed by atoms with van der Waals surface area (Å²) in [5.74, 6) is 0.209. The van der Waals surface area contributed by atoms with Gasteiger partial charge in [0, 0.05) is 45.5 Å². The first kappa shape index (κ1) is 30.4. The molecule has 0 saturated carbocycles. The van der Waals surface area contributed by atoms with Crippen LogP contribution in [0.15, 0.2) is 82.2 Å². The highest BCUT2D eigenvalue weighted by molar-refractivity contribution is 7.98. The monoisotopic (exact) mass is 612 g/mol. The molecule has 7 nitrogen and oxygen atoms in total. The van der Waals surface area contributed by atoms with Gasteiger partial charge < -0.3 is 5.73 Å². The zero-order valence-electron chi connectivity index (χ0n) is 24.8. The number of allylic oxidation sites excluding steroid dienone is 3. The zero-order chi connectivity index (χ0) is 31.2. The number of benzene rings is 3. The van der Waals surface area contributed by atoms with Crippen molar-refractivity contribution in [3.8, 4) is 6.07 Å². The Bertz CT molecular complexity index is 1770. The second kappa shape index (κ2) is 11.6. The molecule has 1 atom stereocenters. The van der Waals surface area contributed by atoms with Gasteiger partial charge in [0.05, 0.1) is 28.2 Å². The molecule has 2 N–H and O–H groups in total. The number of nitrogens with two attached hydrogens (primary N) is 1. The Morgan fingerprint density at radius 2 is 1.81 bits per heavy atom. The number of aryl methyl sites for hydroxylation is 2. The van der Waals surface area contributed by atoms with Crippen LogP contribution in [-0.2, 0) is 10.5 Å². The van der Waals surface area contributed by atoms with Crippen LogP contribution in [0, 0.1) is 47.6 Å². The second-order valence-electron chi connectivity index (χ2n) is 12.1. The summed E-state index contributed by atoms with van der Waals surface area (Å²) in [5.41, 5.74) is 13.2. The Morgan fingerprint density at radius 3 is 2.47 bits per heavy atom. The van der Waals surface area contributed by atoms with Gasteiger partial charge in [0.25, 0.3) is 5.69 Å². The lowest BCUT2D eigenvalue weighted by molar-refractivity contribution is -0.384. The SMILES string of the molecule is Cc1cc(CSc2ccc(Cl)cc2)c(C)c(C2C(C#N)=C(N)N(c3cc([N+](=O)[O-])ccc3C)C3=C2C(=O)CC(C)(C)C3)c1. The maximum atomic E-state index is 14.1. The maximum absolute atomic E-state index is 14.1. The Hall–Kier alpha value is -4.06. The molecule has 1 unspecified atom stereocenters. The van der Waals surface area contributed by atoms with Crippen molar-refractivity contribution in [1.82, 2.24) is 0 Å². The number of nitro benzene ring substituents is 1. The van der Waals surface area contributed by atoms with E-state index in [0.29, 0.717) is 40.6 Å². The smallest absolute Gasteiger partial charge is 0.271 e. The molecular weight excluding hydrogens is 580 g/mol. The van der Waals surface area contributed by atoms with E-state index in [9.17, 15) is 20.2 Å². The summed E-state index contributed by atoms with van der Waals surface area (Å²) in [4.78, 5) is 28.1. The van der Waals surface area contributed by atoms with Gasteiger partial charge in [0.1, 0.15) is 5.82 Å². The van der Waals surface area contributed by atoms with E-state index < -0.39 is 10.8 Å². The molecule has 1 aliphatic carbocycles. The Kier molecular flexibility index (Phi) is 8.17. The summed E-state index contributed by atoms with van der Waals surface area (Å²) < 4.78 is 0. The highest BCUT2D eigenvalue weighted by Gasteiger charge is 2.45. The fourth-order valence-corrected chi connectivity index (χ4v) is 7.23. The summed E-state index contributed by atoms with van der Waals surface area (Å²) >= 11 is 7.76. The number of nitrogens with zero attached hydrogens (tertiary/aromatic N) is 3. The van der Waals surface area contributed by atoms with Gasteiger partial charge in [-0.05, 0) is 79.1 Å². The molecule has 0 radical (unpaired) electrons. The van der Waals surface area contributed by atoms with Crippen LogP contribution in [0.5, 0.6) is 0 Å². The first-order valence-electron chi connectivity index (χ1n) is 14.0. The van der Waals surface area contributed by atoms with E-state index in [-0.39, 0.29) is 28.3 Å². The minimum absolute atomic E-state index is 0.0393. The van der Waals surface area contributed by atoms with Crippen LogP contribution in [0.25, 0.3) is 0 Å². The van der Waals surface area contributed by atoms with Crippen LogP contribution < -0.4 is 10.6 Å². The van der Waals surface area contributed by atoms with Gasteiger partial charge in [-0.15, -0.1) is 11.8 Å². The molecule has 2 aliphatic rings. The van der Waals surface area contributed by atoms with Crippen molar-refractivity contribution < 1.29 is 9.72 Å². The summed E-state index contributed by atoms with van der Waals surface area (Å²) in [7, 11) is 0. The van der Waals surface area contributed by atoms with Gasteiger partial charge >= 0.3 is 0 Å². The molecule has 0 saturated heterocycles. The fourth-order valence-electron chi connectivity index (χ4n) is 6.15. The number of hydrogen-bond acceptors (Lipinski definition) is 7. The summed E-state index contributed by atoms with van der Waals surface area (Å²) in [6, 6.07) is 18.8. The van der Waals surface area contributed by atoms with Crippen molar-refractivity contribution in [3.63, 3.8) is 0 Å². The quantitative estimate of drug-likeness (QED) is 0.169. The van der Waals surface area contributed by atoms with Gasteiger partial charge in [-0.3, -0.25) is 19.8 Å². The third-order valence-electron chi connectivity index (χ3n) is 8.24. The number of non-ortho nitro benzene ring substituents is 1. The highest BCUT2D eigenvalue weighted by Crippen LogP contribution is 2.51. The molecule has 9 heteroatoms. The lowest BCUT2D eigenvalue weighted by atomic mass is 9.68. The van der Waals surface area contributed by atoms with E-state index in [1.54, 1.807) is 22.7 Å². The van der Waals surface area contributed by atoms with Crippen molar-refractivity contribution >= 4 is 40.5 Å². The number of Topliss-reactive ketones (excluding diaryl/α,β-unsaturated/α-hetero) is 1. The largest absolute Gasteiger partial charge is 0.384 e. The third kappa shape index (κ3) is 5.80. The van der Waals surface area contributed by atoms with Crippen molar-refractivity contribution in [1.29, 1.82) is 5.26 Å². The highest BCUT2D eigenvalue weighted by atomic mass is 35.5. The molecule has 1 heterocycles. The number of anilines is 1. The van der Waals surface area contributed by atoms with Crippen molar-refractivity contribution in [3.05, 3.63) is 120 Å². The Labute approximate surface area is 261 Å². The second-order valence-corrected chi connectivity index (χ2v) is 13.6. The van der Waals surface area contributed by atoms with Gasteiger partial charge in [-0.2, -0.15) is 5.26 Å². The molecule has 43 heavy (non-hydrogen) atoms. The summed E-state index contributed by atoms with van der Waals surface area (Å²) in [6.07, 6.45) is 0.850. The van der Waals surface area contributed by atoms with Crippen LogP contribution >= 0.6 is 23.4 Å². The predicted molar refractivity (Wildman–Crippen MR) is 172 cm³/mol. The van der Waals surface area contributed by atoms with Crippen LogP contribution in [0.2, 0.25) is 5.02 Å². The lowest BCUT2D eigenvalue weighted by Gasteiger charge is -2.44. The molecule has 3 aromatic rings. The molecule has 0 aromatic heterocycles. The van der Waals surface area contributed by atoms with Crippen molar-refractivity contribution in [2.24, 2.45) is 11.1 Å². The number of ketones is 1. The molecule has 5 rings (SSSR count). The van der Waals surface area contributed by atoms with Gasteiger partial charge in [0.2, 0.25) is 0 Å². The van der Waals surface area contributed by atoms with E-state index in [4.69, 9.17) is 17.3 Å². The standard InChI is InChI=1S/C34H33ClN4O3S/c1-19-12-22(18-43-25-10-7-23(35)8-11-25)21(3)26(13-19)31-27(17-36)33(37)38(28-14-24(39(41)42)9-6-20(28)2)29-15-34(4,5)16-30(40)32(29)31/h6-14,31H,15-16,18,37H2,1-5H3. The van der Waals surface area contributed by atoms with E-state index >= 15 is 0 Å². The molecule has 0 amide bonds. The summed E-state index contributed by atoms with van der Waals surface area (Å²) in [6.45, 7) is 9.96. The van der Waals surface area contributed by atoms with Crippen LogP contribution in [0.1, 0.15) is 60.4 Å². The van der Waals surface area contributed by atoms with Crippen LogP contribution in [0.4, 0.5) is 11.4 Å². The van der Waals surface area contributed by atoms with E-state index in [2.05, 4.69) is 12.1 Å². The van der Waals surface area contributed by atoms with Crippen molar-refractivity contribution in [2.75, 3.05) is 4.90 Å². The molecule has 0 spiro atoms. The molecule has 0 bridgehead atoms. The van der Waals surface area contributed by atoms with E-state index in [1.807, 2.05) is 65.0 Å². The van der Waals surface area contributed by atoms with E-state index in [0.717, 1.165) is 32.7 Å². The lowest BCUT2D eigenvalue weighted by Crippen LogP contribution is -2.42. The minimum Gasteiger partial charge on any atom is -0.384 e. The van der Waals surface area contributed by atoms with E-state index in [1.165, 1.54) is 12.1 Å². The number of nitro groups is 1. The molecular formula is C34H33ClN4O3S. The Balaban J connectivity index is 1.70. The Morgan fingerprint density at radius 1 is 1.12 bits per heavy atom. The summed E-state index contributed by atoms with van der Waals surface area (Å²) in [5, 5.41) is 23.0. The topological polar surface area (TPSA) is 113 Å². The molecule has 220 valence electrons. The fraction of sp³-hybridized carbons (Fsp3) is 0.294. The maximum Gasteiger partial charge on any atom is 0.271 e. The normalized spacial score (nSPS) is 18.0. The van der Waals surface area contributed by atoms with Gasteiger partial charge in [-0.25, -0.2) is 0 Å². The molecule has 0 fully saturated rings. The first-order valence-corrected chi connectivity index (χ1v) is 15.4. The number of thioether (sulfide) groups is 1. The van der Waals surface area contributed by atoms with Crippen LogP contribution in [0.3, 0.4) is 0 Å². The zero-order valence-corrected chi connectivity index (χ0v) is 26.4. The average Bonchev–Trinajstić information content (AvgIpc) is 2.93. The minimum atomic E-state index is -0.641. The van der Waals surface area contributed by atoms with Crippen molar-refractivity contribution in [2.45, 2.75) is 64.0 Å². The average molecular weight is 613 g/mol. The predicted octanol–water partition coefficient (Wildman–Crippen LogP) is 8.41. The van der Waals surface area contributed by atoms with Gasteiger partial charge in [0.15, 0.2) is 5.78 Å². The number of halogens is 1. The number of nitriles is 1. The number of carbonyl (C=O) groups excluding carboxylic acids is 1. The van der Waals surface area contributed by atoms with Gasteiger partial charge in [-0.1, -0.05) is 49.2 Å². The number of rotatable bonds is 6. The number of hydrogen-bond donors (Lipinski definition) is 1.